The first-order valence-electron chi connectivity index (χ1n) is 10.8. The summed E-state index contributed by atoms with van der Waals surface area (Å²) in [4.78, 5) is 42.3. The van der Waals surface area contributed by atoms with Crippen LogP contribution in [0.1, 0.15) is 12.0 Å². The van der Waals surface area contributed by atoms with E-state index in [1.165, 1.54) is 38.8 Å². The number of fused-ring (bicyclic) bond motifs is 1. The smallest absolute Gasteiger partial charge is 0.331 e. The number of aromatic nitrogens is 2. The number of thiophene rings is 1. The molecule has 1 aliphatic heterocycles. The number of para-hydroxylation sites is 1. The Kier molecular flexibility index (Phi) is 6.76. The highest BCUT2D eigenvalue weighted by Gasteiger charge is 2.20. The molecule has 0 aliphatic carbocycles. The number of hydrogen-bond acceptors (Lipinski definition) is 7. The monoisotopic (exact) mass is 456 g/mol. The van der Waals surface area contributed by atoms with E-state index in [9.17, 15) is 14.4 Å². The Labute approximate surface area is 190 Å². The normalized spacial score (nSPS) is 14.8. The van der Waals surface area contributed by atoms with Gasteiger partial charge in [-0.3, -0.25) is 23.6 Å². The molecule has 1 aliphatic rings. The van der Waals surface area contributed by atoms with Crippen LogP contribution < -0.4 is 16.1 Å². The number of carbonyl (C=O) groups excluding carboxylic acids is 1. The maximum absolute atomic E-state index is 13.1. The van der Waals surface area contributed by atoms with Crippen molar-refractivity contribution in [1.82, 2.24) is 14.0 Å². The maximum atomic E-state index is 13.1. The molecule has 3 heterocycles. The number of piperazine rings is 1. The minimum absolute atomic E-state index is 0.0837. The molecule has 9 heteroatoms. The van der Waals surface area contributed by atoms with E-state index in [4.69, 9.17) is 4.74 Å². The lowest BCUT2D eigenvalue weighted by molar-refractivity contribution is -0.140. The molecule has 0 bridgehead atoms. The number of rotatable bonds is 7. The van der Waals surface area contributed by atoms with Crippen LogP contribution in [-0.4, -0.2) is 59.8 Å². The second-order valence-corrected chi connectivity index (χ2v) is 8.75. The summed E-state index contributed by atoms with van der Waals surface area (Å²) in [7, 11) is 1.32. The second kappa shape index (κ2) is 9.70. The van der Waals surface area contributed by atoms with Crippen LogP contribution in [0.25, 0.3) is 10.9 Å². The third-order valence-electron chi connectivity index (χ3n) is 6.11. The molecule has 1 fully saturated rings. The number of ether oxygens (including phenoxy) is 1. The predicted octanol–water partition coefficient (Wildman–Crippen LogP) is 1.92. The Bertz CT molecular complexity index is 1220. The topological polar surface area (TPSA) is 76.8 Å². The summed E-state index contributed by atoms with van der Waals surface area (Å²) in [5.41, 5.74) is 2.48. The molecule has 0 atom stereocenters. The van der Waals surface area contributed by atoms with E-state index in [0.717, 1.165) is 26.2 Å². The van der Waals surface area contributed by atoms with Crippen LogP contribution in [0, 0.1) is 6.92 Å². The Balaban J connectivity index is 1.47. The van der Waals surface area contributed by atoms with Gasteiger partial charge in [0.15, 0.2) is 0 Å². The molecule has 170 valence electrons. The number of methoxy groups -OCH3 is 1. The number of benzene rings is 1. The molecule has 0 amide bonds. The van der Waals surface area contributed by atoms with Gasteiger partial charge in [-0.2, -0.15) is 0 Å². The lowest BCUT2D eigenvalue weighted by atomic mass is 10.1. The zero-order valence-electron chi connectivity index (χ0n) is 18.5. The standard InChI is InChI=1S/C23H28N4O4S/c1-17-5-3-4-6-19(17)25-12-9-24(10-13-25)11-14-27-22(29)18-15-32-16-20(18)26(23(27)30)8-7-21(28)31-2/h3-6,15-16H,7-14H2,1-2H3. The van der Waals surface area contributed by atoms with Crippen LogP contribution in [0.4, 0.5) is 5.69 Å². The zero-order chi connectivity index (χ0) is 22.7. The van der Waals surface area contributed by atoms with Crippen LogP contribution in [0.3, 0.4) is 0 Å². The highest BCUT2D eigenvalue weighted by molar-refractivity contribution is 7.09. The van der Waals surface area contributed by atoms with Gasteiger partial charge in [0, 0.05) is 62.3 Å². The van der Waals surface area contributed by atoms with Crippen molar-refractivity contribution in [2.45, 2.75) is 26.4 Å². The van der Waals surface area contributed by atoms with Gasteiger partial charge in [-0.1, -0.05) is 18.2 Å². The van der Waals surface area contributed by atoms with E-state index in [1.807, 2.05) is 0 Å². The predicted molar refractivity (Wildman–Crippen MR) is 127 cm³/mol. The second-order valence-electron chi connectivity index (χ2n) is 8.00. The van der Waals surface area contributed by atoms with Gasteiger partial charge in [0.25, 0.3) is 5.56 Å². The summed E-state index contributed by atoms with van der Waals surface area (Å²) in [6.07, 6.45) is 0.0837. The fourth-order valence-corrected chi connectivity index (χ4v) is 5.04. The Morgan fingerprint density at radius 2 is 1.75 bits per heavy atom. The van der Waals surface area contributed by atoms with Crippen molar-refractivity contribution >= 4 is 33.9 Å². The molecule has 0 unspecified atom stereocenters. The van der Waals surface area contributed by atoms with Crippen molar-refractivity contribution in [3.8, 4) is 0 Å². The highest BCUT2D eigenvalue weighted by Crippen LogP contribution is 2.20. The van der Waals surface area contributed by atoms with Gasteiger partial charge < -0.3 is 9.64 Å². The average molecular weight is 457 g/mol. The lowest BCUT2D eigenvalue weighted by Gasteiger charge is -2.36. The fourth-order valence-electron chi connectivity index (χ4n) is 4.23. The third kappa shape index (κ3) is 4.49. The van der Waals surface area contributed by atoms with E-state index >= 15 is 0 Å². The average Bonchev–Trinajstić information content (AvgIpc) is 3.29. The number of hydrogen-bond donors (Lipinski definition) is 0. The molecule has 0 radical (unpaired) electrons. The van der Waals surface area contributed by atoms with E-state index in [1.54, 1.807) is 10.8 Å². The Hall–Kier alpha value is -2.91. The molecule has 1 aromatic carbocycles. The Morgan fingerprint density at radius 3 is 2.47 bits per heavy atom. The quantitative estimate of drug-likeness (QED) is 0.506. The van der Waals surface area contributed by atoms with Crippen LogP contribution >= 0.6 is 11.3 Å². The summed E-state index contributed by atoms with van der Waals surface area (Å²) in [6.45, 7) is 6.84. The van der Waals surface area contributed by atoms with Gasteiger partial charge in [-0.15, -0.1) is 11.3 Å². The fraction of sp³-hybridized carbons (Fsp3) is 0.435. The van der Waals surface area contributed by atoms with Crippen molar-refractivity contribution in [2.75, 3.05) is 44.7 Å². The molecule has 2 aromatic heterocycles. The molecule has 3 aromatic rings. The number of aryl methyl sites for hydroxylation is 2. The molecule has 8 nitrogen and oxygen atoms in total. The van der Waals surface area contributed by atoms with Gasteiger partial charge in [-0.05, 0) is 18.6 Å². The molecular weight excluding hydrogens is 428 g/mol. The van der Waals surface area contributed by atoms with Crippen molar-refractivity contribution in [3.05, 3.63) is 61.4 Å². The Morgan fingerprint density at radius 1 is 1.00 bits per heavy atom. The molecule has 4 rings (SSSR count). The first-order valence-corrected chi connectivity index (χ1v) is 11.7. The van der Waals surface area contributed by atoms with E-state index in [-0.39, 0.29) is 30.2 Å². The van der Waals surface area contributed by atoms with Crippen LogP contribution in [-0.2, 0) is 22.6 Å². The maximum Gasteiger partial charge on any atom is 0.331 e. The lowest BCUT2D eigenvalue weighted by Crippen LogP contribution is -2.49. The van der Waals surface area contributed by atoms with Gasteiger partial charge in [0.05, 0.1) is 24.4 Å². The van der Waals surface area contributed by atoms with Gasteiger partial charge in [-0.25, -0.2) is 4.79 Å². The first-order chi connectivity index (χ1) is 15.5. The van der Waals surface area contributed by atoms with Crippen LogP contribution in [0.5, 0.6) is 0 Å². The van der Waals surface area contributed by atoms with Crippen LogP contribution in [0.15, 0.2) is 44.6 Å². The minimum Gasteiger partial charge on any atom is -0.469 e. The van der Waals surface area contributed by atoms with Gasteiger partial charge in [0.1, 0.15) is 0 Å². The first kappa shape index (κ1) is 22.3. The third-order valence-corrected chi connectivity index (χ3v) is 6.84. The minimum atomic E-state index is -0.385. The number of carbonyl (C=O) groups is 1. The number of nitrogens with zero attached hydrogens (tertiary/aromatic N) is 4. The zero-order valence-corrected chi connectivity index (χ0v) is 19.3. The van der Waals surface area contributed by atoms with Crippen molar-refractivity contribution in [3.63, 3.8) is 0 Å². The molecular formula is C23H28N4O4S. The summed E-state index contributed by atoms with van der Waals surface area (Å²) < 4.78 is 7.52. The van der Waals surface area contributed by atoms with E-state index < -0.39 is 0 Å². The summed E-state index contributed by atoms with van der Waals surface area (Å²) in [5, 5.41) is 4.07. The van der Waals surface area contributed by atoms with Crippen LogP contribution in [0.2, 0.25) is 0 Å². The molecule has 32 heavy (non-hydrogen) atoms. The highest BCUT2D eigenvalue weighted by atomic mass is 32.1. The van der Waals surface area contributed by atoms with Gasteiger partial charge in [0.2, 0.25) is 0 Å². The van der Waals surface area contributed by atoms with Gasteiger partial charge >= 0.3 is 11.7 Å². The van der Waals surface area contributed by atoms with Crippen molar-refractivity contribution < 1.29 is 9.53 Å². The SMILES string of the molecule is COC(=O)CCn1c(=O)n(CCN2CCN(c3ccccc3C)CC2)c(=O)c2cscc21. The number of anilines is 1. The van der Waals surface area contributed by atoms with E-state index in [2.05, 4.69) is 41.0 Å². The summed E-state index contributed by atoms with van der Waals surface area (Å²) in [5.74, 6) is -0.385. The largest absolute Gasteiger partial charge is 0.469 e. The molecule has 0 saturated carbocycles. The van der Waals surface area contributed by atoms with Crippen molar-refractivity contribution in [1.29, 1.82) is 0 Å². The molecule has 1 saturated heterocycles. The molecule has 0 N–H and O–H groups in total. The summed E-state index contributed by atoms with van der Waals surface area (Å²) >= 11 is 1.38. The number of esters is 1. The molecule has 0 spiro atoms. The van der Waals surface area contributed by atoms with E-state index in [0.29, 0.717) is 24.0 Å². The van der Waals surface area contributed by atoms with Crippen molar-refractivity contribution in [2.24, 2.45) is 0 Å². The summed E-state index contributed by atoms with van der Waals surface area (Å²) in [6, 6.07) is 8.39.